The molecule has 29 heavy (non-hydrogen) atoms. The van der Waals surface area contributed by atoms with E-state index in [9.17, 15) is 9.59 Å². The second-order valence-corrected chi connectivity index (χ2v) is 8.07. The van der Waals surface area contributed by atoms with Crippen LogP contribution in [0.25, 0.3) is 16.7 Å². The van der Waals surface area contributed by atoms with Gasteiger partial charge in [-0.3, -0.25) is 14.3 Å². The van der Waals surface area contributed by atoms with Crippen LogP contribution in [0.15, 0.2) is 80.4 Å². The number of hydrogen-bond acceptors (Lipinski definition) is 6. The Morgan fingerprint density at radius 3 is 2.28 bits per heavy atom. The molecule has 0 bridgehead atoms. The van der Waals surface area contributed by atoms with Crippen LogP contribution in [0.1, 0.15) is 5.56 Å². The summed E-state index contributed by atoms with van der Waals surface area (Å²) >= 11 is 3.21. The fourth-order valence-corrected chi connectivity index (χ4v) is 4.19. The van der Waals surface area contributed by atoms with Crippen molar-refractivity contribution in [1.29, 1.82) is 0 Å². The van der Waals surface area contributed by atoms with Gasteiger partial charge in [0.05, 0.1) is 17.6 Å². The first kappa shape index (κ1) is 19.5. The van der Waals surface area contributed by atoms with Crippen molar-refractivity contribution < 1.29 is 0 Å². The van der Waals surface area contributed by atoms with Crippen LogP contribution >= 0.6 is 23.5 Å². The molecular weight excluding hydrogens is 404 g/mol. The molecule has 0 atom stereocenters. The third-order valence-electron chi connectivity index (χ3n) is 4.58. The zero-order valence-electron chi connectivity index (χ0n) is 15.9. The highest BCUT2D eigenvalue weighted by molar-refractivity contribution is 7.99. The topological polar surface area (TPSA) is 69.8 Å². The third-order valence-corrected chi connectivity index (χ3v) is 5.99. The van der Waals surface area contributed by atoms with Crippen LogP contribution in [0.3, 0.4) is 0 Å². The summed E-state index contributed by atoms with van der Waals surface area (Å²) in [6, 6.07) is 13.0. The maximum absolute atomic E-state index is 13.5. The van der Waals surface area contributed by atoms with E-state index in [1.54, 1.807) is 66.4 Å². The van der Waals surface area contributed by atoms with Crippen LogP contribution in [0.4, 0.5) is 0 Å². The molecule has 4 rings (SSSR count). The number of hydrogen-bond donors (Lipinski definition) is 0. The molecule has 1 aromatic carbocycles. The smallest absolute Gasteiger partial charge is 0.268 e. The minimum Gasteiger partial charge on any atom is -0.268 e. The van der Waals surface area contributed by atoms with Crippen molar-refractivity contribution in [2.45, 2.75) is 16.3 Å². The quantitative estimate of drug-likeness (QED) is 0.459. The highest BCUT2D eigenvalue weighted by atomic mass is 32.2. The predicted octanol–water partition coefficient (Wildman–Crippen LogP) is 3.43. The zero-order valence-corrected chi connectivity index (χ0v) is 17.5. The van der Waals surface area contributed by atoms with E-state index in [4.69, 9.17) is 0 Å². The van der Waals surface area contributed by atoms with Gasteiger partial charge in [-0.05, 0) is 60.5 Å². The molecule has 3 heterocycles. The number of fused-ring (bicyclic) bond motifs is 1. The van der Waals surface area contributed by atoms with Gasteiger partial charge in [0.15, 0.2) is 5.65 Å². The average molecular weight is 423 g/mol. The van der Waals surface area contributed by atoms with Gasteiger partial charge in [0, 0.05) is 28.4 Å². The monoisotopic (exact) mass is 422 g/mol. The van der Waals surface area contributed by atoms with Crippen molar-refractivity contribution in [3.8, 4) is 5.69 Å². The Morgan fingerprint density at radius 1 is 0.931 bits per heavy atom. The molecule has 0 amide bonds. The van der Waals surface area contributed by atoms with Gasteiger partial charge >= 0.3 is 5.69 Å². The third kappa shape index (κ3) is 3.73. The first-order valence-electron chi connectivity index (χ1n) is 8.85. The van der Waals surface area contributed by atoms with Crippen molar-refractivity contribution in [1.82, 2.24) is 19.1 Å². The molecule has 0 saturated carbocycles. The summed E-state index contributed by atoms with van der Waals surface area (Å²) in [5.74, 6) is 0. The summed E-state index contributed by atoms with van der Waals surface area (Å²) in [4.78, 5) is 37.0. The number of pyridine rings is 2. The minimum atomic E-state index is -0.414. The Kier molecular flexibility index (Phi) is 5.55. The molecule has 3 aromatic heterocycles. The molecule has 0 aliphatic heterocycles. The zero-order chi connectivity index (χ0) is 20.4. The maximum Gasteiger partial charge on any atom is 0.337 e. The van der Waals surface area contributed by atoms with E-state index < -0.39 is 5.69 Å². The van der Waals surface area contributed by atoms with Gasteiger partial charge in [-0.1, -0.05) is 0 Å². The molecular formula is C21H18N4O2S2. The van der Waals surface area contributed by atoms with Crippen LogP contribution in [0, 0.1) is 0 Å². The van der Waals surface area contributed by atoms with E-state index >= 15 is 0 Å². The van der Waals surface area contributed by atoms with E-state index in [1.807, 2.05) is 24.6 Å². The molecule has 0 radical (unpaired) electrons. The Labute approximate surface area is 175 Å². The van der Waals surface area contributed by atoms with E-state index in [-0.39, 0.29) is 12.1 Å². The fourth-order valence-electron chi connectivity index (χ4n) is 3.15. The largest absolute Gasteiger partial charge is 0.337 e. The lowest BCUT2D eigenvalue weighted by Gasteiger charge is -2.15. The van der Waals surface area contributed by atoms with Crippen LogP contribution in [-0.2, 0) is 6.54 Å². The SMILES string of the molecule is CSc1cc(SC)cc(-n2c(=O)n(Cc3ccncc3)c(=O)c3cccnc32)c1. The first-order valence-corrected chi connectivity index (χ1v) is 11.3. The van der Waals surface area contributed by atoms with Crippen molar-refractivity contribution in [3.05, 3.63) is 87.5 Å². The second kappa shape index (κ2) is 8.26. The molecule has 4 aromatic rings. The van der Waals surface area contributed by atoms with Gasteiger partial charge in [-0.25, -0.2) is 14.3 Å². The summed E-state index contributed by atoms with van der Waals surface area (Å²) in [6.07, 6.45) is 8.88. The van der Waals surface area contributed by atoms with Crippen LogP contribution in [-0.4, -0.2) is 31.6 Å². The number of nitrogens with zero attached hydrogens (tertiary/aromatic N) is 4. The van der Waals surface area contributed by atoms with Gasteiger partial charge in [0.25, 0.3) is 5.56 Å². The minimum absolute atomic E-state index is 0.169. The van der Waals surface area contributed by atoms with E-state index in [1.165, 1.54) is 9.13 Å². The van der Waals surface area contributed by atoms with E-state index in [2.05, 4.69) is 16.0 Å². The maximum atomic E-state index is 13.5. The lowest BCUT2D eigenvalue weighted by Crippen LogP contribution is -2.40. The second-order valence-electron chi connectivity index (χ2n) is 6.31. The Morgan fingerprint density at radius 2 is 1.62 bits per heavy atom. The number of aromatic nitrogens is 4. The standard InChI is InChI=1S/C21H18N4O2S2/c1-28-16-10-15(11-17(12-16)29-2)25-19-18(4-3-7-23-19)20(26)24(21(25)27)13-14-5-8-22-9-6-14/h3-12H,13H2,1-2H3. The Balaban J connectivity index is 2.04. The summed E-state index contributed by atoms with van der Waals surface area (Å²) < 4.78 is 2.78. The summed E-state index contributed by atoms with van der Waals surface area (Å²) in [7, 11) is 0. The van der Waals surface area contributed by atoms with E-state index in [0.717, 1.165) is 15.4 Å². The van der Waals surface area contributed by atoms with Crippen LogP contribution in [0.2, 0.25) is 0 Å². The fraction of sp³-hybridized carbons (Fsp3) is 0.143. The van der Waals surface area contributed by atoms with Crippen LogP contribution in [0.5, 0.6) is 0 Å². The number of thioether (sulfide) groups is 2. The molecule has 0 N–H and O–H groups in total. The van der Waals surface area contributed by atoms with Gasteiger partial charge in [0.1, 0.15) is 0 Å². The first-order chi connectivity index (χ1) is 14.1. The predicted molar refractivity (Wildman–Crippen MR) is 119 cm³/mol. The molecule has 6 nitrogen and oxygen atoms in total. The number of rotatable bonds is 5. The van der Waals surface area contributed by atoms with Crippen molar-refractivity contribution in [2.75, 3.05) is 12.5 Å². The summed E-state index contributed by atoms with van der Waals surface area (Å²) in [6.45, 7) is 0.169. The van der Waals surface area contributed by atoms with Crippen LogP contribution < -0.4 is 11.2 Å². The average Bonchev–Trinajstić information content (AvgIpc) is 2.77. The molecule has 0 saturated heterocycles. The molecule has 8 heteroatoms. The van der Waals surface area contributed by atoms with Crippen molar-refractivity contribution >= 4 is 34.6 Å². The molecule has 0 spiro atoms. The molecule has 146 valence electrons. The van der Waals surface area contributed by atoms with Gasteiger partial charge in [0.2, 0.25) is 0 Å². The molecule has 0 fully saturated rings. The van der Waals surface area contributed by atoms with Gasteiger partial charge < -0.3 is 0 Å². The lowest BCUT2D eigenvalue weighted by atomic mass is 10.2. The lowest BCUT2D eigenvalue weighted by molar-refractivity contribution is 0.681. The molecule has 0 aliphatic carbocycles. The summed E-state index contributed by atoms with van der Waals surface area (Å²) in [5, 5.41) is 0.404. The van der Waals surface area contributed by atoms with Crippen molar-refractivity contribution in [2.24, 2.45) is 0 Å². The molecule has 0 unspecified atom stereocenters. The normalized spacial score (nSPS) is 11.1. The van der Waals surface area contributed by atoms with Crippen molar-refractivity contribution in [3.63, 3.8) is 0 Å². The summed E-state index contributed by atoms with van der Waals surface area (Å²) in [5.41, 5.74) is 1.12. The highest BCUT2D eigenvalue weighted by Crippen LogP contribution is 2.26. The van der Waals surface area contributed by atoms with Gasteiger partial charge in [-0.2, -0.15) is 0 Å². The van der Waals surface area contributed by atoms with Gasteiger partial charge in [-0.15, -0.1) is 23.5 Å². The number of benzene rings is 1. The highest BCUT2D eigenvalue weighted by Gasteiger charge is 2.16. The Hall–Kier alpha value is -2.84. The molecule has 0 aliphatic rings. The Bertz CT molecular complexity index is 1280. The van der Waals surface area contributed by atoms with E-state index in [0.29, 0.717) is 16.7 Å².